The molecule has 0 saturated carbocycles. The minimum Gasteiger partial charge on any atom is -0.309 e. The fourth-order valence-electron chi connectivity index (χ4n) is 3.62. The summed E-state index contributed by atoms with van der Waals surface area (Å²) in [5.74, 6) is 0.107. The summed E-state index contributed by atoms with van der Waals surface area (Å²) >= 11 is 5.91. The van der Waals surface area contributed by atoms with Crippen molar-refractivity contribution in [3.8, 4) is 0 Å². The van der Waals surface area contributed by atoms with Crippen LogP contribution in [0.2, 0.25) is 5.02 Å². The molecule has 0 bridgehead atoms. The third-order valence-electron chi connectivity index (χ3n) is 5.36. The number of halogens is 1. The Hall–Kier alpha value is -2.68. The molecular weight excluding hydrogens is 436 g/mol. The van der Waals surface area contributed by atoms with Crippen LogP contribution in [0.4, 0.5) is 5.82 Å². The average molecular weight is 459 g/mol. The first-order valence-corrected chi connectivity index (χ1v) is 11.9. The molecule has 9 heteroatoms. The summed E-state index contributed by atoms with van der Waals surface area (Å²) in [4.78, 5) is 12.9. The maximum atomic E-state index is 12.7. The Morgan fingerprint density at radius 2 is 1.71 bits per heavy atom. The Balaban J connectivity index is 1.31. The van der Waals surface area contributed by atoms with Crippen LogP contribution in [0.1, 0.15) is 18.4 Å². The molecule has 7 nitrogen and oxygen atoms in total. The van der Waals surface area contributed by atoms with Gasteiger partial charge in [0.05, 0.1) is 11.4 Å². The van der Waals surface area contributed by atoms with E-state index in [9.17, 15) is 13.2 Å². The zero-order chi connectivity index (χ0) is 21.8. The first kappa shape index (κ1) is 21.5. The highest BCUT2D eigenvalue weighted by Crippen LogP contribution is 2.24. The van der Waals surface area contributed by atoms with Gasteiger partial charge < -0.3 is 5.32 Å². The van der Waals surface area contributed by atoms with Gasteiger partial charge in [-0.25, -0.2) is 8.42 Å². The number of benzene rings is 2. The van der Waals surface area contributed by atoms with Crippen LogP contribution in [0.3, 0.4) is 0 Å². The molecule has 0 aliphatic carbocycles. The molecule has 1 N–H and O–H groups in total. The lowest BCUT2D eigenvalue weighted by atomic mass is 9.97. The number of amides is 1. The fourth-order valence-corrected chi connectivity index (χ4v) is 5.24. The first-order valence-electron chi connectivity index (χ1n) is 10.1. The number of rotatable bonds is 6. The minimum atomic E-state index is -3.52. The van der Waals surface area contributed by atoms with Crippen LogP contribution in [-0.2, 0) is 21.4 Å². The van der Waals surface area contributed by atoms with Gasteiger partial charge in [-0.1, -0.05) is 41.9 Å². The zero-order valence-electron chi connectivity index (χ0n) is 16.8. The first-order chi connectivity index (χ1) is 14.9. The molecule has 1 aliphatic rings. The SMILES string of the molecule is O=C(Nc1ccn(Cc2ccc(Cl)cc2)n1)C1CCN(S(=O)(=O)c2ccccc2)CC1. The minimum absolute atomic E-state index is 0.131. The number of aromatic nitrogens is 2. The van der Waals surface area contributed by atoms with Crippen LogP contribution in [0.15, 0.2) is 71.8 Å². The van der Waals surface area contributed by atoms with E-state index in [4.69, 9.17) is 11.6 Å². The molecular formula is C22H23ClN4O3S. The van der Waals surface area contributed by atoms with Gasteiger partial charge in [-0.3, -0.25) is 9.48 Å². The Morgan fingerprint density at radius 3 is 2.39 bits per heavy atom. The van der Waals surface area contributed by atoms with E-state index in [2.05, 4.69) is 10.4 Å². The highest BCUT2D eigenvalue weighted by atomic mass is 35.5. The third kappa shape index (κ3) is 5.15. The molecule has 0 atom stereocenters. The average Bonchev–Trinajstić information content (AvgIpc) is 3.22. The number of hydrogen-bond donors (Lipinski definition) is 1. The molecule has 1 aromatic heterocycles. The summed E-state index contributed by atoms with van der Waals surface area (Å²) in [6.45, 7) is 1.21. The molecule has 162 valence electrons. The summed E-state index contributed by atoms with van der Waals surface area (Å²) in [7, 11) is -3.52. The number of carbonyl (C=O) groups excluding carboxylic acids is 1. The molecule has 1 saturated heterocycles. The standard InChI is InChI=1S/C22H23ClN4O3S/c23-19-8-6-17(7-9-19)16-26-13-12-21(25-26)24-22(28)18-10-14-27(15-11-18)31(29,30)20-4-2-1-3-5-20/h1-9,12-13,18H,10-11,14-16H2,(H,24,25,28). The monoisotopic (exact) mass is 458 g/mol. The lowest BCUT2D eigenvalue weighted by Gasteiger charge is -2.30. The smallest absolute Gasteiger partial charge is 0.243 e. The van der Waals surface area contributed by atoms with E-state index in [0.29, 0.717) is 43.3 Å². The molecule has 0 radical (unpaired) electrons. The van der Waals surface area contributed by atoms with Gasteiger partial charge in [0.1, 0.15) is 0 Å². The van der Waals surface area contributed by atoms with Crippen LogP contribution in [-0.4, -0.2) is 41.5 Å². The molecule has 0 spiro atoms. The zero-order valence-corrected chi connectivity index (χ0v) is 18.4. The maximum Gasteiger partial charge on any atom is 0.243 e. The number of nitrogens with zero attached hydrogens (tertiary/aromatic N) is 3. The van der Waals surface area contributed by atoms with Crippen molar-refractivity contribution in [3.05, 3.63) is 77.4 Å². The van der Waals surface area contributed by atoms with E-state index in [1.165, 1.54) is 4.31 Å². The summed E-state index contributed by atoms with van der Waals surface area (Å²) in [5, 5.41) is 7.93. The summed E-state index contributed by atoms with van der Waals surface area (Å²) < 4.78 is 28.7. The Kier molecular flexibility index (Phi) is 6.41. The number of piperidine rings is 1. The van der Waals surface area contributed by atoms with Gasteiger partial charge in [0.2, 0.25) is 15.9 Å². The quantitative estimate of drug-likeness (QED) is 0.611. The number of nitrogens with one attached hydrogen (secondary N) is 1. The molecule has 31 heavy (non-hydrogen) atoms. The Labute approximate surface area is 186 Å². The number of sulfonamides is 1. The Morgan fingerprint density at radius 1 is 1.03 bits per heavy atom. The van der Waals surface area contributed by atoms with Crippen LogP contribution in [0.5, 0.6) is 0 Å². The van der Waals surface area contributed by atoms with Crippen molar-refractivity contribution in [2.45, 2.75) is 24.3 Å². The second kappa shape index (κ2) is 9.21. The van der Waals surface area contributed by atoms with E-state index in [0.717, 1.165) is 5.56 Å². The number of carbonyl (C=O) groups is 1. The second-order valence-corrected chi connectivity index (χ2v) is 9.88. The number of anilines is 1. The highest BCUT2D eigenvalue weighted by Gasteiger charge is 2.32. The predicted octanol–water partition coefficient (Wildman–Crippen LogP) is 3.62. The molecule has 2 heterocycles. The van der Waals surface area contributed by atoms with E-state index < -0.39 is 10.0 Å². The van der Waals surface area contributed by atoms with Crippen LogP contribution >= 0.6 is 11.6 Å². The van der Waals surface area contributed by atoms with Crippen molar-refractivity contribution < 1.29 is 13.2 Å². The van der Waals surface area contributed by atoms with Gasteiger partial charge >= 0.3 is 0 Å². The van der Waals surface area contributed by atoms with Crippen LogP contribution < -0.4 is 5.32 Å². The topological polar surface area (TPSA) is 84.3 Å². The van der Waals surface area contributed by atoms with Crippen molar-refractivity contribution in [2.75, 3.05) is 18.4 Å². The van der Waals surface area contributed by atoms with Crippen molar-refractivity contribution in [2.24, 2.45) is 5.92 Å². The molecule has 1 fully saturated rings. The largest absolute Gasteiger partial charge is 0.309 e. The van der Waals surface area contributed by atoms with E-state index in [1.807, 2.05) is 24.3 Å². The highest BCUT2D eigenvalue weighted by molar-refractivity contribution is 7.89. The van der Waals surface area contributed by atoms with Gasteiger partial charge in [0.15, 0.2) is 5.82 Å². The van der Waals surface area contributed by atoms with E-state index >= 15 is 0 Å². The third-order valence-corrected chi connectivity index (χ3v) is 7.52. The van der Waals surface area contributed by atoms with E-state index in [1.54, 1.807) is 47.3 Å². The number of hydrogen-bond acceptors (Lipinski definition) is 4. The molecule has 3 aromatic rings. The lowest BCUT2D eigenvalue weighted by Crippen LogP contribution is -2.41. The van der Waals surface area contributed by atoms with Gasteiger partial charge in [-0.15, -0.1) is 0 Å². The van der Waals surface area contributed by atoms with Crippen molar-refractivity contribution in [1.82, 2.24) is 14.1 Å². The Bertz CT molecular complexity index is 1140. The van der Waals surface area contributed by atoms with E-state index in [-0.39, 0.29) is 16.7 Å². The van der Waals surface area contributed by atoms with Crippen LogP contribution in [0, 0.1) is 5.92 Å². The van der Waals surface area contributed by atoms with Gasteiger partial charge in [0.25, 0.3) is 0 Å². The van der Waals surface area contributed by atoms with Crippen molar-refractivity contribution in [1.29, 1.82) is 0 Å². The summed E-state index contributed by atoms with van der Waals surface area (Å²) in [6.07, 6.45) is 2.76. The molecule has 1 amide bonds. The van der Waals surface area contributed by atoms with Crippen molar-refractivity contribution in [3.63, 3.8) is 0 Å². The normalized spacial score (nSPS) is 15.6. The molecule has 1 aliphatic heterocycles. The van der Waals surface area contributed by atoms with Gasteiger partial charge in [-0.2, -0.15) is 9.40 Å². The van der Waals surface area contributed by atoms with Crippen LogP contribution in [0.25, 0.3) is 0 Å². The summed E-state index contributed by atoms with van der Waals surface area (Å²) in [6, 6.07) is 17.6. The maximum absolute atomic E-state index is 12.7. The summed E-state index contributed by atoms with van der Waals surface area (Å²) in [5.41, 5.74) is 1.05. The second-order valence-electron chi connectivity index (χ2n) is 7.51. The predicted molar refractivity (Wildman–Crippen MR) is 119 cm³/mol. The van der Waals surface area contributed by atoms with Gasteiger partial charge in [0, 0.05) is 36.3 Å². The van der Waals surface area contributed by atoms with Gasteiger partial charge in [-0.05, 0) is 42.7 Å². The lowest BCUT2D eigenvalue weighted by molar-refractivity contribution is -0.120. The fraction of sp³-hybridized carbons (Fsp3) is 0.273. The molecule has 4 rings (SSSR count). The van der Waals surface area contributed by atoms with Crippen molar-refractivity contribution >= 4 is 33.3 Å². The molecule has 0 unspecified atom stereocenters. The molecule has 2 aromatic carbocycles.